The normalized spacial score (nSPS) is 21.6. The Morgan fingerprint density at radius 2 is 2.07 bits per heavy atom. The molecule has 30 heavy (non-hydrogen) atoms. The maximum absolute atomic E-state index is 12.2. The van der Waals surface area contributed by atoms with Crippen LogP contribution in [-0.4, -0.2) is 15.9 Å². The van der Waals surface area contributed by atoms with Gasteiger partial charge in [0.05, 0.1) is 11.0 Å². The van der Waals surface area contributed by atoms with Gasteiger partial charge in [0.15, 0.2) is 0 Å². The second kappa shape index (κ2) is 7.82. The first kappa shape index (κ1) is 19.9. The van der Waals surface area contributed by atoms with Crippen LogP contribution in [-0.2, 0) is 4.79 Å². The summed E-state index contributed by atoms with van der Waals surface area (Å²) in [7, 11) is 0. The van der Waals surface area contributed by atoms with Crippen LogP contribution < -0.4 is 10.6 Å². The first-order chi connectivity index (χ1) is 14.3. The highest BCUT2D eigenvalue weighted by atomic mass is 16.6. The van der Waals surface area contributed by atoms with Crippen molar-refractivity contribution in [3.63, 3.8) is 0 Å². The Kier molecular flexibility index (Phi) is 5.20. The third-order valence-electron chi connectivity index (χ3n) is 5.80. The Labute approximate surface area is 175 Å². The number of fused-ring (bicyclic) bond motifs is 3. The van der Waals surface area contributed by atoms with Crippen molar-refractivity contribution in [1.29, 1.82) is 0 Å². The van der Waals surface area contributed by atoms with E-state index in [9.17, 15) is 20.0 Å². The van der Waals surface area contributed by atoms with E-state index in [1.807, 2.05) is 32.0 Å². The summed E-state index contributed by atoms with van der Waals surface area (Å²) in [6.45, 7) is 4.02. The summed E-state index contributed by atoms with van der Waals surface area (Å²) in [5.74, 6) is 0.546. The van der Waals surface area contributed by atoms with E-state index in [0.717, 1.165) is 23.4 Å². The van der Waals surface area contributed by atoms with Crippen LogP contribution in [0.15, 0.2) is 48.6 Å². The maximum Gasteiger partial charge on any atom is 0.270 e. The average Bonchev–Trinajstić information content (AvgIpc) is 3.17. The molecular formula is C23H25N3O4. The van der Waals surface area contributed by atoms with Gasteiger partial charge in [0.25, 0.3) is 5.69 Å². The maximum atomic E-state index is 12.2. The van der Waals surface area contributed by atoms with Gasteiger partial charge in [-0.3, -0.25) is 14.9 Å². The minimum Gasteiger partial charge on any atom is -0.508 e. The van der Waals surface area contributed by atoms with E-state index in [-0.39, 0.29) is 41.1 Å². The monoisotopic (exact) mass is 407 g/mol. The van der Waals surface area contributed by atoms with Gasteiger partial charge in [-0.1, -0.05) is 26.0 Å². The van der Waals surface area contributed by atoms with E-state index in [4.69, 9.17) is 0 Å². The number of nitrogens with one attached hydrogen (secondary N) is 2. The molecule has 1 heterocycles. The van der Waals surface area contributed by atoms with Crippen LogP contribution in [0.25, 0.3) is 0 Å². The fourth-order valence-electron chi connectivity index (χ4n) is 4.47. The Hall–Kier alpha value is -3.35. The molecule has 7 heteroatoms. The number of phenolic OH excluding ortho intramolecular Hbond substituents is 1. The molecule has 1 aliphatic heterocycles. The van der Waals surface area contributed by atoms with Gasteiger partial charge in [-0.05, 0) is 48.1 Å². The molecule has 2 aromatic rings. The number of nitro benzene ring substituents is 1. The molecule has 3 N–H and O–H groups in total. The second-order valence-electron chi connectivity index (χ2n) is 8.42. The topological polar surface area (TPSA) is 104 Å². The predicted molar refractivity (Wildman–Crippen MR) is 116 cm³/mol. The van der Waals surface area contributed by atoms with E-state index >= 15 is 0 Å². The van der Waals surface area contributed by atoms with E-state index in [0.29, 0.717) is 12.0 Å². The molecule has 0 saturated carbocycles. The van der Waals surface area contributed by atoms with Gasteiger partial charge in [-0.2, -0.15) is 0 Å². The lowest BCUT2D eigenvalue weighted by Gasteiger charge is -2.37. The third-order valence-corrected chi connectivity index (χ3v) is 5.80. The summed E-state index contributed by atoms with van der Waals surface area (Å²) < 4.78 is 0. The number of phenols is 1. The largest absolute Gasteiger partial charge is 0.508 e. The van der Waals surface area contributed by atoms with E-state index < -0.39 is 4.92 Å². The number of non-ortho nitro benzene ring substituents is 1. The first-order valence-electron chi connectivity index (χ1n) is 10.2. The van der Waals surface area contributed by atoms with Crippen molar-refractivity contribution in [1.82, 2.24) is 0 Å². The molecular weight excluding hydrogens is 382 g/mol. The summed E-state index contributed by atoms with van der Waals surface area (Å²) >= 11 is 0. The number of anilines is 2. The number of hydrogen-bond donors (Lipinski definition) is 3. The number of carbonyl (C=O) groups is 1. The summed E-state index contributed by atoms with van der Waals surface area (Å²) in [5, 5.41) is 28.1. The molecule has 0 saturated heterocycles. The fourth-order valence-corrected chi connectivity index (χ4v) is 4.47. The Bertz CT molecular complexity index is 1030. The van der Waals surface area contributed by atoms with Gasteiger partial charge in [-0.15, -0.1) is 0 Å². The number of nitro groups is 1. The lowest BCUT2D eigenvalue weighted by atomic mass is 9.76. The Morgan fingerprint density at radius 3 is 2.80 bits per heavy atom. The Morgan fingerprint density at radius 1 is 1.27 bits per heavy atom. The number of allylic oxidation sites excluding steroid dienone is 2. The zero-order valence-corrected chi connectivity index (χ0v) is 17.0. The predicted octanol–water partition coefficient (Wildman–Crippen LogP) is 5.11. The first-order valence-corrected chi connectivity index (χ1v) is 10.2. The van der Waals surface area contributed by atoms with E-state index in [2.05, 4.69) is 22.8 Å². The number of amides is 1. The van der Waals surface area contributed by atoms with Crippen LogP contribution in [0.2, 0.25) is 0 Å². The second-order valence-corrected chi connectivity index (χ2v) is 8.42. The number of aromatic hydroxyl groups is 1. The molecule has 7 nitrogen and oxygen atoms in total. The van der Waals surface area contributed by atoms with E-state index in [1.165, 1.54) is 18.2 Å². The van der Waals surface area contributed by atoms with Crippen molar-refractivity contribution in [2.45, 2.75) is 38.6 Å². The SMILES string of the molecule is CC(C)CC(=O)Nc1ccc2c(c1)C1C=CCC1C(c1cc([N+](=O)[O-])ccc1O)N2. The molecule has 0 fully saturated rings. The van der Waals surface area contributed by atoms with Gasteiger partial charge in [0.2, 0.25) is 5.91 Å². The van der Waals surface area contributed by atoms with Crippen LogP contribution in [0.1, 0.15) is 49.8 Å². The number of benzene rings is 2. The molecule has 0 bridgehead atoms. The highest BCUT2D eigenvalue weighted by molar-refractivity contribution is 5.91. The van der Waals surface area contributed by atoms with Crippen LogP contribution in [0.3, 0.4) is 0 Å². The molecule has 1 amide bonds. The highest BCUT2D eigenvalue weighted by Gasteiger charge is 2.39. The summed E-state index contributed by atoms with van der Waals surface area (Å²) in [6.07, 6.45) is 5.52. The number of hydrogen-bond acceptors (Lipinski definition) is 5. The zero-order valence-electron chi connectivity index (χ0n) is 17.0. The van der Waals surface area contributed by atoms with Crippen molar-refractivity contribution < 1.29 is 14.8 Å². The van der Waals surface area contributed by atoms with Crippen LogP contribution in [0.4, 0.5) is 17.1 Å². The highest BCUT2D eigenvalue weighted by Crippen LogP contribution is 2.51. The summed E-state index contributed by atoms with van der Waals surface area (Å²) in [4.78, 5) is 22.9. The molecule has 156 valence electrons. The van der Waals surface area contributed by atoms with Gasteiger partial charge in [0, 0.05) is 41.4 Å². The van der Waals surface area contributed by atoms with Crippen molar-refractivity contribution in [3.8, 4) is 5.75 Å². The Balaban J connectivity index is 1.66. The van der Waals surface area contributed by atoms with Crippen LogP contribution in [0.5, 0.6) is 5.75 Å². The van der Waals surface area contributed by atoms with Gasteiger partial charge in [-0.25, -0.2) is 0 Å². The number of carbonyl (C=O) groups excluding carboxylic acids is 1. The third kappa shape index (κ3) is 3.75. The number of rotatable bonds is 5. The molecule has 2 aromatic carbocycles. The molecule has 0 radical (unpaired) electrons. The zero-order chi connectivity index (χ0) is 21.4. The molecule has 0 aromatic heterocycles. The smallest absolute Gasteiger partial charge is 0.270 e. The molecule has 3 unspecified atom stereocenters. The molecule has 1 aliphatic carbocycles. The van der Waals surface area contributed by atoms with Gasteiger partial charge in [0.1, 0.15) is 5.75 Å². The lowest BCUT2D eigenvalue weighted by molar-refractivity contribution is -0.385. The van der Waals surface area contributed by atoms with Crippen LogP contribution in [0, 0.1) is 22.0 Å². The van der Waals surface area contributed by atoms with E-state index in [1.54, 1.807) is 0 Å². The van der Waals surface area contributed by atoms with Crippen molar-refractivity contribution >= 4 is 23.0 Å². The molecule has 4 rings (SSSR count). The van der Waals surface area contributed by atoms with Crippen molar-refractivity contribution in [2.75, 3.05) is 10.6 Å². The lowest BCUT2D eigenvalue weighted by Crippen LogP contribution is -2.29. The van der Waals surface area contributed by atoms with Gasteiger partial charge >= 0.3 is 0 Å². The summed E-state index contributed by atoms with van der Waals surface area (Å²) in [6, 6.07) is 9.67. The minimum atomic E-state index is -0.448. The molecule has 0 spiro atoms. The molecule has 3 atom stereocenters. The van der Waals surface area contributed by atoms with Crippen molar-refractivity contribution in [2.24, 2.45) is 11.8 Å². The molecule has 2 aliphatic rings. The van der Waals surface area contributed by atoms with Crippen LogP contribution >= 0.6 is 0 Å². The quantitative estimate of drug-likeness (QED) is 0.363. The van der Waals surface area contributed by atoms with Crippen molar-refractivity contribution in [3.05, 3.63) is 69.8 Å². The number of nitrogens with zero attached hydrogens (tertiary/aromatic N) is 1. The average molecular weight is 407 g/mol. The summed E-state index contributed by atoms with van der Waals surface area (Å²) in [5.41, 5.74) is 3.23. The van der Waals surface area contributed by atoms with Gasteiger partial charge < -0.3 is 15.7 Å². The minimum absolute atomic E-state index is 0.00775. The standard InChI is InChI=1S/C23H25N3O4/c1-13(2)10-22(28)24-14-6-8-20-18(11-14)16-4-3-5-17(16)23(25-20)19-12-15(26(29)30)7-9-21(19)27/h3-4,6-9,11-13,16-17,23,25,27H,5,10H2,1-2H3,(H,24,28). The fraction of sp³-hybridized carbons (Fsp3) is 0.348.